The molecule has 0 bridgehead atoms. The van der Waals surface area contributed by atoms with Gasteiger partial charge in [0.15, 0.2) is 6.04 Å². The topological polar surface area (TPSA) is 84.9 Å². The number of hydrogen-bond donors (Lipinski definition) is 2. The number of carboxylic acid groups (broad SMARTS) is 1. The molecule has 0 spiro atoms. The first kappa shape index (κ1) is 22.2. The highest BCUT2D eigenvalue weighted by Crippen LogP contribution is 2.46. The minimum Gasteiger partial charge on any atom is -0.480 e. The Balaban J connectivity index is 1.98. The normalized spacial score (nSPS) is 25.7. The zero-order valence-corrected chi connectivity index (χ0v) is 17.5. The Morgan fingerprint density at radius 1 is 1.39 bits per heavy atom. The largest absolute Gasteiger partial charge is 0.480 e. The van der Waals surface area contributed by atoms with Crippen molar-refractivity contribution in [3.05, 3.63) is 35.5 Å². The van der Waals surface area contributed by atoms with Crippen molar-refractivity contribution in [2.75, 3.05) is 13.2 Å². The molecule has 3 unspecified atom stereocenters. The summed E-state index contributed by atoms with van der Waals surface area (Å²) in [5.74, 6) is -0.354. The third-order valence-corrected chi connectivity index (χ3v) is 5.31. The van der Waals surface area contributed by atoms with Crippen LogP contribution in [0.2, 0.25) is 0 Å². The maximum absolute atomic E-state index is 12.2. The van der Waals surface area contributed by atoms with Crippen LogP contribution in [0, 0.1) is 17.8 Å². The van der Waals surface area contributed by atoms with Crippen LogP contribution in [-0.2, 0) is 14.3 Å². The van der Waals surface area contributed by atoms with E-state index >= 15 is 0 Å². The van der Waals surface area contributed by atoms with Gasteiger partial charge in [0.25, 0.3) is 0 Å². The Morgan fingerprint density at radius 3 is 2.71 bits per heavy atom. The molecule has 2 N–H and O–H groups in total. The molecule has 4 atom stereocenters. The highest BCUT2D eigenvalue weighted by Gasteiger charge is 2.39. The molecule has 6 nitrogen and oxygen atoms in total. The minimum atomic E-state index is -1.15. The standard InChI is InChI=1S/C22H33NO5/c1-6-9-15-14(2)16-10-7-8-11-17(16)18(15)12-27-21(26)23-19(20(24)25)13-28-22(3,4)5/h6-7,9-10,14-15,18-19H,8,11-13H2,1-5H3,(H,23,26)(H,24,25)/b9-6-/t14?,15?,18?,19-/m0/s1. The Morgan fingerprint density at radius 2 is 2.11 bits per heavy atom. The lowest BCUT2D eigenvalue weighted by atomic mass is 9.86. The smallest absolute Gasteiger partial charge is 0.407 e. The van der Waals surface area contributed by atoms with Crippen LogP contribution >= 0.6 is 0 Å². The summed E-state index contributed by atoms with van der Waals surface area (Å²) >= 11 is 0. The van der Waals surface area contributed by atoms with Crippen LogP contribution in [0.5, 0.6) is 0 Å². The summed E-state index contributed by atoms with van der Waals surface area (Å²) < 4.78 is 10.9. The van der Waals surface area contributed by atoms with E-state index in [9.17, 15) is 14.7 Å². The number of hydrogen-bond acceptors (Lipinski definition) is 4. The van der Waals surface area contributed by atoms with Crippen molar-refractivity contribution in [1.29, 1.82) is 0 Å². The fraction of sp³-hybridized carbons (Fsp3) is 0.636. The second-order valence-electron chi connectivity index (χ2n) is 8.48. The number of allylic oxidation sites excluding steroid dienone is 5. The molecule has 2 rings (SSSR count). The number of aliphatic carboxylic acids is 1. The van der Waals surface area contributed by atoms with Crippen LogP contribution in [0.25, 0.3) is 0 Å². The third kappa shape index (κ3) is 5.71. The second-order valence-corrected chi connectivity index (χ2v) is 8.48. The molecule has 0 aromatic rings. The van der Waals surface area contributed by atoms with Crippen LogP contribution in [0.15, 0.2) is 35.5 Å². The molecule has 28 heavy (non-hydrogen) atoms. The summed E-state index contributed by atoms with van der Waals surface area (Å²) in [5.41, 5.74) is 2.22. The van der Waals surface area contributed by atoms with Crippen molar-refractivity contribution >= 4 is 12.1 Å². The lowest BCUT2D eigenvalue weighted by molar-refractivity contribution is -0.142. The number of carbonyl (C=O) groups is 2. The van der Waals surface area contributed by atoms with Gasteiger partial charge in [-0.2, -0.15) is 0 Å². The van der Waals surface area contributed by atoms with Crippen LogP contribution < -0.4 is 5.32 Å². The van der Waals surface area contributed by atoms with Gasteiger partial charge in [-0.05, 0) is 57.9 Å². The number of amides is 1. The maximum Gasteiger partial charge on any atom is 0.407 e. The fourth-order valence-electron chi connectivity index (χ4n) is 3.92. The summed E-state index contributed by atoms with van der Waals surface area (Å²) in [6, 6.07) is -1.15. The molecule has 2 aliphatic carbocycles. The van der Waals surface area contributed by atoms with Gasteiger partial charge < -0.3 is 19.9 Å². The van der Waals surface area contributed by atoms with Crippen molar-refractivity contribution in [1.82, 2.24) is 5.32 Å². The zero-order chi connectivity index (χ0) is 20.9. The first-order valence-electron chi connectivity index (χ1n) is 9.96. The average Bonchev–Trinajstić information content (AvgIpc) is 2.88. The fourth-order valence-corrected chi connectivity index (χ4v) is 3.92. The Labute approximate surface area is 167 Å². The Bertz CT molecular complexity index is 671. The third-order valence-electron chi connectivity index (χ3n) is 5.31. The van der Waals surface area contributed by atoms with E-state index in [0.717, 1.165) is 12.8 Å². The van der Waals surface area contributed by atoms with Crippen LogP contribution in [-0.4, -0.2) is 42.0 Å². The molecule has 6 heteroatoms. The van der Waals surface area contributed by atoms with E-state index in [1.165, 1.54) is 11.1 Å². The summed E-state index contributed by atoms with van der Waals surface area (Å²) in [7, 11) is 0. The van der Waals surface area contributed by atoms with Crippen molar-refractivity contribution in [2.24, 2.45) is 17.8 Å². The molecule has 0 aliphatic heterocycles. The number of nitrogens with one attached hydrogen (secondary N) is 1. The molecule has 0 saturated heterocycles. The average molecular weight is 392 g/mol. The van der Waals surface area contributed by atoms with Gasteiger partial charge >= 0.3 is 12.1 Å². The zero-order valence-electron chi connectivity index (χ0n) is 17.5. The number of rotatable bonds is 7. The van der Waals surface area contributed by atoms with E-state index in [1.54, 1.807) is 0 Å². The molecular formula is C22H33NO5. The predicted molar refractivity (Wildman–Crippen MR) is 108 cm³/mol. The first-order valence-corrected chi connectivity index (χ1v) is 9.96. The van der Waals surface area contributed by atoms with Crippen LogP contribution in [0.1, 0.15) is 47.5 Å². The molecule has 0 radical (unpaired) electrons. The van der Waals surface area contributed by atoms with E-state index in [1.807, 2.05) is 33.8 Å². The highest BCUT2D eigenvalue weighted by molar-refractivity contribution is 5.80. The highest BCUT2D eigenvalue weighted by atomic mass is 16.6. The first-order chi connectivity index (χ1) is 13.1. The van der Waals surface area contributed by atoms with Gasteiger partial charge in [-0.3, -0.25) is 0 Å². The Kier molecular flexibility index (Phi) is 7.47. The number of ether oxygens (including phenoxy) is 2. The van der Waals surface area contributed by atoms with Crippen molar-refractivity contribution in [3.8, 4) is 0 Å². The Hall–Kier alpha value is -2.08. The SMILES string of the molecule is C/C=C\C1C(C)C2=C(CCC=C2)C1COC(=O)N[C@@H](COC(C)(C)C)C(=O)O. The molecule has 0 fully saturated rings. The minimum absolute atomic E-state index is 0.115. The van der Waals surface area contributed by atoms with E-state index in [0.29, 0.717) is 5.92 Å². The predicted octanol–water partition coefficient (Wildman–Crippen LogP) is 4.09. The monoisotopic (exact) mass is 391 g/mol. The molecule has 156 valence electrons. The second kappa shape index (κ2) is 9.41. The van der Waals surface area contributed by atoms with E-state index in [2.05, 4.69) is 30.5 Å². The number of alkyl carbamates (subject to hydrolysis) is 1. The van der Waals surface area contributed by atoms with E-state index < -0.39 is 23.7 Å². The quantitative estimate of drug-likeness (QED) is 0.639. The van der Waals surface area contributed by atoms with Crippen molar-refractivity contribution < 1.29 is 24.2 Å². The number of carbonyl (C=O) groups excluding carboxylic acids is 1. The molecule has 0 saturated carbocycles. The van der Waals surface area contributed by atoms with Crippen molar-refractivity contribution in [3.63, 3.8) is 0 Å². The van der Waals surface area contributed by atoms with Crippen LogP contribution in [0.4, 0.5) is 4.79 Å². The molecule has 0 aromatic carbocycles. The van der Waals surface area contributed by atoms with Gasteiger partial charge in [-0.25, -0.2) is 9.59 Å². The van der Waals surface area contributed by atoms with Gasteiger partial charge in [0, 0.05) is 5.92 Å². The molecule has 1 amide bonds. The summed E-state index contributed by atoms with van der Waals surface area (Å²) in [6.07, 6.45) is 9.88. The van der Waals surface area contributed by atoms with Gasteiger partial charge in [0.05, 0.1) is 12.2 Å². The molecular weight excluding hydrogens is 358 g/mol. The molecule has 0 heterocycles. The van der Waals surface area contributed by atoms with Gasteiger partial charge in [-0.15, -0.1) is 0 Å². The van der Waals surface area contributed by atoms with Crippen LogP contribution in [0.3, 0.4) is 0 Å². The van der Waals surface area contributed by atoms with E-state index in [4.69, 9.17) is 9.47 Å². The molecule has 0 aromatic heterocycles. The summed E-state index contributed by atoms with van der Waals surface area (Å²) in [5, 5.41) is 11.7. The van der Waals surface area contributed by atoms with Gasteiger partial charge in [0.2, 0.25) is 0 Å². The summed E-state index contributed by atoms with van der Waals surface area (Å²) in [4.78, 5) is 23.7. The number of carboxylic acids is 1. The molecule has 2 aliphatic rings. The van der Waals surface area contributed by atoms with E-state index in [-0.39, 0.29) is 25.0 Å². The van der Waals surface area contributed by atoms with Gasteiger partial charge in [0.1, 0.15) is 6.61 Å². The van der Waals surface area contributed by atoms with Gasteiger partial charge in [-0.1, -0.05) is 36.8 Å². The lowest BCUT2D eigenvalue weighted by Gasteiger charge is -2.24. The summed E-state index contributed by atoms with van der Waals surface area (Å²) in [6.45, 7) is 9.82. The maximum atomic E-state index is 12.2. The lowest BCUT2D eigenvalue weighted by Crippen LogP contribution is -2.46. The van der Waals surface area contributed by atoms with Crippen molar-refractivity contribution in [2.45, 2.75) is 59.1 Å².